The molecule has 0 spiro atoms. The van der Waals surface area contributed by atoms with E-state index in [4.69, 9.17) is 4.74 Å². The molecule has 0 amide bonds. The minimum atomic E-state index is -3.96. The third-order valence-electron chi connectivity index (χ3n) is 5.38. The summed E-state index contributed by atoms with van der Waals surface area (Å²) >= 11 is 0. The Labute approximate surface area is 188 Å². The van der Waals surface area contributed by atoms with Crippen LogP contribution < -0.4 is 4.74 Å². The molecule has 176 valence electrons. The van der Waals surface area contributed by atoms with Crippen molar-refractivity contribution in [3.8, 4) is 5.75 Å². The Morgan fingerprint density at radius 3 is 2.36 bits per heavy atom. The van der Waals surface area contributed by atoms with Gasteiger partial charge in [0.1, 0.15) is 17.4 Å². The van der Waals surface area contributed by atoms with Crippen molar-refractivity contribution >= 4 is 16.8 Å². The third kappa shape index (κ3) is 6.30. The van der Waals surface area contributed by atoms with E-state index in [9.17, 15) is 26.3 Å². The molecule has 0 saturated heterocycles. The average Bonchev–Trinajstić information content (AvgIpc) is 2.75. The van der Waals surface area contributed by atoms with E-state index in [0.29, 0.717) is 18.1 Å². The Balaban J connectivity index is 1.76. The topological polar surface area (TPSA) is 9.23 Å². The van der Waals surface area contributed by atoms with Crippen LogP contribution in [0, 0.1) is 11.6 Å². The highest BCUT2D eigenvalue weighted by Gasteiger charge is 2.37. The molecule has 0 aromatic heterocycles. The second kappa shape index (κ2) is 10.8. The number of rotatable bonds is 10. The highest BCUT2D eigenvalue weighted by molar-refractivity contribution is 5.86. The van der Waals surface area contributed by atoms with Crippen LogP contribution in [-0.4, -0.2) is 0 Å². The van der Waals surface area contributed by atoms with Crippen LogP contribution in [0.1, 0.15) is 55.7 Å². The predicted octanol–water partition coefficient (Wildman–Crippen LogP) is 9.00. The van der Waals surface area contributed by atoms with Gasteiger partial charge in [-0.1, -0.05) is 50.8 Å². The van der Waals surface area contributed by atoms with E-state index in [0.717, 1.165) is 68.5 Å². The number of benzene rings is 3. The van der Waals surface area contributed by atoms with Crippen LogP contribution in [0.4, 0.5) is 26.3 Å². The highest BCUT2D eigenvalue weighted by atomic mass is 19.3. The molecule has 0 heterocycles. The molecule has 7 heteroatoms. The van der Waals surface area contributed by atoms with Crippen LogP contribution in [0.3, 0.4) is 0 Å². The molecule has 0 N–H and O–H groups in total. The maximum atomic E-state index is 14.7. The van der Waals surface area contributed by atoms with Crippen molar-refractivity contribution in [3.63, 3.8) is 0 Å². The van der Waals surface area contributed by atoms with Crippen LogP contribution in [0.15, 0.2) is 54.6 Å². The zero-order valence-corrected chi connectivity index (χ0v) is 18.1. The van der Waals surface area contributed by atoms with Crippen molar-refractivity contribution in [2.75, 3.05) is 0 Å². The van der Waals surface area contributed by atoms with Crippen LogP contribution in [0.2, 0.25) is 0 Å². The fourth-order valence-electron chi connectivity index (χ4n) is 3.67. The van der Waals surface area contributed by atoms with Crippen LogP contribution >= 0.6 is 0 Å². The van der Waals surface area contributed by atoms with Gasteiger partial charge in [0.15, 0.2) is 0 Å². The van der Waals surface area contributed by atoms with Gasteiger partial charge in [0.2, 0.25) is 0 Å². The van der Waals surface area contributed by atoms with Gasteiger partial charge in [-0.05, 0) is 54.1 Å². The Kier molecular flexibility index (Phi) is 8.06. The van der Waals surface area contributed by atoms with Crippen LogP contribution in [0.5, 0.6) is 5.75 Å². The van der Waals surface area contributed by atoms with Crippen LogP contribution in [0.25, 0.3) is 16.8 Å². The minimum Gasteiger partial charge on any atom is -0.429 e. The van der Waals surface area contributed by atoms with E-state index in [1.165, 1.54) is 12.1 Å². The summed E-state index contributed by atoms with van der Waals surface area (Å²) < 4.78 is 87.8. The molecule has 0 radical (unpaired) electrons. The zero-order chi connectivity index (χ0) is 24.0. The summed E-state index contributed by atoms with van der Waals surface area (Å²) in [7, 11) is 0. The summed E-state index contributed by atoms with van der Waals surface area (Å²) in [5.74, 6) is -2.29. The van der Waals surface area contributed by atoms with Gasteiger partial charge in [-0.2, -0.15) is 17.6 Å². The molecular weight excluding hydrogens is 442 g/mol. The monoisotopic (exact) mass is 466 g/mol. The Morgan fingerprint density at radius 1 is 0.909 bits per heavy atom. The number of alkyl halides is 2. The van der Waals surface area contributed by atoms with Crippen molar-refractivity contribution in [1.82, 2.24) is 0 Å². The molecule has 0 fully saturated rings. The zero-order valence-electron chi connectivity index (χ0n) is 18.1. The lowest BCUT2D eigenvalue weighted by atomic mass is 10.0. The summed E-state index contributed by atoms with van der Waals surface area (Å²) in [6.07, 6.45) is 0.151. The number of unbranched alkanes of at least 4 members (excludes halogenated alkanes) is 4. The van der Waals surface area contributed by atoms with Gasteiger partial charge in [-0.25, -0.2) is 8.78 Å². The summed E-state index contributed by atoms with van der Waals surface area (Å²) in [6.45, 7) is 2.11. The normalized spacial score (nSPS) is 11.6. The van der Waals surface area contributed by atoms with Crippen molar-refractivity contribution in [3.05, 3.63) is 82.9 Å². The number of hydrogen-bond acceptors (Lipinski definition) is 1. The molecular formula is C26H24F6O. The van der Waals surface area contributed by atoms with Gasteiger partial charge in [-0.3, -0.25) is 0 Å². The second-order valence-corrected chi connectivity index (χ2v) is 7.88. The lowest BCUT2D eigenvalue weighted by molar-refractivity contribution is -0.187. The van der Waals surface area contributed by atoms with Crippen molar-refractivity contribution in [1.29, 1.82) is 0 Å². The number of halogens is 6. The molecule has 3 aromatic carbocycles. The number of aryl methyl sites for hydroxylation is 1. The van der Waals surface area contributed by atoms with E-state index in [-0.39, 0.29) is 22.1 Å². The molecule has 0 unspecified atom stereocenters. The van der Waals surface area contributed by atoms with E-state index in [1.54, 1.807) is 0 Å². The highest BCUT2D eigenvalue weighted by Crippen LogP contribution is 2.35. The van der Waals surface area contributed by atoms with E-state index in [1.807, 2.05) is 0 Å². The Hall–Kier alpha value is -2.96. The number of hydrogen-bond donors (Lipinski definition) is 0. The molecule has 3 rings (SSSR count). The van der Waals surface area contributed by atoms with Gasteiger partial charge in [0, 0.05) is 17.0 Å². The summed E-state index contributed by atoms with van der Waals surface area (Å²) in [5, 5.41) is 0.145. The van der Waals surface area contributed by atoms with Crippen LogP contribution in [-0.2, 0) is 12.5 Å². The number of fused-ring (bicyclic) bond motifs is 1. The van der Waals surface area contributed by atoms with Crippen molar-refractivity contribution in [2.45, 2.75) is 51.6 Å². The first-order valence-electron chi connectivity index (χ1n) is 10.8. The fourth-order valence-corrected chi connectivity index (χ4v) is 3.67. The summed E-state index contributed by atoms with van der Waals surface area (Å²) in [5.41, 5.74) is -0.587. The van der Waals surface area contributed by atoms with Gasteiger partial charge in [0.05, 0.1) is 5.56 Å². The first kappa shape index (κ1) is 24.7. The maximum Gasteiger partial charge on any atom is 0.429 e. The van der Waals surface area contributed by atoms with Gasteiger partial charge in [-0.15, -0.1) is 0 Å². The molecule has 33 heavy (non-hydrogen) atoms. The largest absolute Gasteiger partial charge is 0.429 e. The quantitative estimate of drug-likeness (QED) is 0.214. The van der Waals surface area contributed by atoms with E-state index < -0.39 is 29.4 Å². The molecule has 0 bridgehead atoms. The molecule has 3 aromatic rings. The minimum absolute atomic E-state index is 0.0323. The maximum absolute atomic E-state index is 14.7. The Morgan fingerprint density at radius 2 is 1.67 bits per heavy atom. The standard InChI is InChI=1S/C26H24F6O/c1-2-3-4-5-6-7-17-8-13-22(23(27)14-17)26(31,32)33-20-11-12-21-18(15-20)9-10-19(25(21)30)16-24(28)29/h8-16H,2-7H2,1H3. The first-order valence-corrected chi connectivity index (χ1v) is 10.8. The lowest BCUT2D eigenvalue weighted by Gasteiger charge is -2.19. The average molecular weight is 466 g/mol. The van der Waals surface area contributed by atoms with Gasteiger partial charge in [0.25, 0.3) is 6.08 Å². The summed E-state index contributed by atoms with van der Waals surface area (Å²) in [6, 6.07) is 9.39. The molecule has 0 aliphatic carbocycles. The van der Waals surface area contributed by atoms with E-state index in [2.05, 4.69) is 6.92 Å². The number of ether oxygens (including phenoxy) is 1. The van der Waals surface area contributed by atoms with Gasteiger partial charge >= 0.3 is 6.11 Å². The first-order chi connectivity index (χ1) is 15.7. The molecule has 0 aliphatic heterocycles. The Bertz CT molecular complexity index is 1140. The molecule has 1 nitrogen and oxygen atoms in total. The predicted molar refractivity (Wildman–Crippen MR) is 117 cm³/mol. The summed E-state index contributed by atoms with van der Waals surface area (Å²) in [4.78, 5) is 0. The van der Waals surface area contributed by atoms with Crippen molar-refractivity contribution in [2.24, 2.45) is 0 Å². The van der Waals surface area contributed by atoms with Crippen molar-refractivity contribution < 1.29 is 31.1 Å². The van der Waals surface area contributed by atoms with E-state index >= 15 is 0 Å². The molecule has 0 saturated carbocycles. The molecule has 0 atom stereocenters. The fraction of sp³-hybridized carbons (Fsp3) is 0.308. The second-order valence-electron chi connectivity index (χ2n) is 7.88. The molecule has 0 aliphatic rings. The SMILES string of the molecule is CCCCCCCc1ccc(C(F)(F)Oc2ccc3c(F)c(C=C(F)F)ccc3c2)c(F)c1. The smallest absolute Gasteiger partial charge is 0.429 e. The lowest BCUT2D eigenvalue weighted by Crippen LogP contribution is -2.23. The third-order valence-corrected chi connectivity index (χ3v) is 5.38. The van der Waals surface area contributed by atoms with Gasteiger partial charge < -0.3 is 4.74 Å².